The van der Waals surface area contributed by atoms with Crippen LogP contribution in [0.4, 0.5) is 0 Å². The molecule has 0 atom stereocenters. The maximum Gasteiger partial charge on any atom is 0.0951 e. The van der Waals surface area contributed by atoms with Crippen LogP contribution in [0, 0.1) is 0 Å². The van der Waals surface area contributed by atoms with Gasteiger partial charge in [0.2, 0.25) is 0 Å². The lowest BCUT2D eigenvalue weighted by molar-refractivity contribution is 0.138. The summed E-state index contributed by atoms with van der Waals surface area (Å²) in [5.41, 5.74) is 7.02. The number of aromatic nitrogens is 2. The van der Waals surface area contributed by atoms with Gasteiger partial charge in [0.25, 0.3) is 0 Å². The Morgan fingerprint density at radius 1 is 1.57 bits per heavy atom. The molecule has 78 valence electrons. The summed E-state index contributed by atoms with van der Waals surface area (Å²) in [5, 5.41) is 0. The average molecular weight is 194 g/mol. The fraction of sp³-hybridized carbons (Fsp3) is 0.700. The molecule has 2 N–H and O–H groups in total. The smallest absolute Gasteiger partial charge is 0.0951 e. The molecule has 1 fully saturated rings. The van der Waals surface area contributed by atoms with Crippen LogP contribution in [0.1, 0.15) is 25.6 Å². The average Bonchev–Trinajstić information content (AvgIpc) is 2.49. The predicted octanol–water partition coefficient (Wildman–Crippen LogP) is 0.607. The van der Waals surface area contributed by atoms with Gasteiger partial charge in [-0.05, 0) is 13.8 Å². The van der Waals surface area contributed by atoms with Crippen LogP contribution in [0.15, 0.2) is 12.5 Å². The lowest BCUT2D eigenvalue weighted by Crippen LogP contribution is -2.55. The van der Waals surface area contributed by atoms with E-state index in [4.69, 9.17) is 5.73 Å². The molecule has 1 aliphatic heterocycles. The Kier molecular flexibility index (Phi) is 2.56. The molecule has 1 aliphatic rings. The Morgan fingerprint density at radius 2 is 2.29 bits per heavy atom. The number of nitrogens with two attached hydrogens (primary N) is 1. The second-order valence-corrected chi connectivity index (χ2v) is 4.34. The lowest BCUT2D eigenvalue weighted by Gasteiger charge is -2.36. The molecule has 2 heterocycles. The van der Waals surface area contributed by atoms with Gasteiger partial charge in [-0.1, -0.05) is 0 Å². The second kappa shape index (κ2) is 3.71. The molecule has 4 heteroatoms. The highest BCUT2D eigenvalue weighted by atomic mass is 15.2. The first-order valence-corrected chi connectivity index (χ1v) is 5.15. The third-order valence-electron chi connectivity index (χ3n) is 2.67. The number of likely N-dealkylation sites (tertiary alicyclic amines) is 1. The SMILES string of the molecule is CC(C)n1cncc1CN1CC(N)C1. The molecule has 1 aromatic heterocycles. The largest absolute Gasteiger partial charge is 0.331 e. The van der Waals surface area contributed by atoms with Crippen LogP contribution in [-0.4, -0.2) is 33.6 Å². The standard InChI is InChI=1S/C10H18N4/c1-8(2)14-7-12-3-10(14)6-13-4-9(11)5-13/h3,7-9H,4-6,11H2,1-2H3. The van der Waals surface area contributed by atoms with Crippen LogP contribution in [0.2, 0.25) is 0 Å². The fourth-order valence-electron chi connectivity index (χ4n) is 1.89. The van der Waals surface area contributed by atoms with E-state index in [2.05, 4.69) is 28.3 Å². The van der Waals surface area contributed by atoms with Gasteiger partial charge in [0, 0.05) is 37.9 Å². The summed E-state index contributed by atoms with van der Waals surface area (Å²) in [5.74, 6) is 0. The van der Waals surface area contributed by atoms with E-state index in [9.17, 15) is 0 Å². The highest BCUT2D eigenvalue weighted by Crippen LogP contribution is 2.14. The van der Waals surface area contributed by atoms with Crippen LogP contribution < -0.4 is 5.73 Å². The molecule has 14 heavy (non-hydrogen) atoms. The summed E-state index contributed by atoms with van der Waals surface area (Å²) in [6.45, 7) is 7.36. The van der Waals surface area contributed by atoms with Crippen LogP contribution in [0.5, 0.6) is 0 Å². The molecule has 4 nitrogen and oxygen atoms in total. The van der Waals surface area contributed by atoms with Crippen molar-refractivity contribution < 1.29 is 0 Å². The summed E-state index contributed by atoms with van der Waals surface area (Å²) in [6.07, 6.45) is 3.85. The zero-order valence-electron chi connectivity index (χ0n) is 8.85. The second-order valence-electron chi connectivity index (χ2n) is 4.34. The van der Waals surface area contributed by atoms with Gasteiger partial charge < -0.3 is 10.3 Å². The summed E-state index contributed by atoms with van der Waals surface area (Å²) >= 11 is 0. The fourth-order valence-corrected chi connectivity index (χ4v) is 1.89. The van der Waals surface area contributed by atoms with Gasteiger partial charge in [0.1, 0.15) is 0 Å². The minimum Gasteiger partial charge on any atom is -0.331 e. The molecule has 1 aromatic rings. The summed E-state index contributed by atoms with van der Waals surface area (Å²) < 4.78 is 2.21. The van der Waals surface area contributed by atoms with Gasteiger partial charge in [0.15, 0.2) is 0 Å². The molecular weight excluding hydrogens is 176 g/mol. The summed E-state index contributed by atoms with van der Waals surface area (Å²) in [6, 6.07) is 0.868. The third-order valence-corrected chi connectivity index (χ3v) is 2.67. The van der Waals surface area contributed by atoms with Crippen LogP contribution in [-0.2, 0) is 6.54 Å². The maximum atomic E-state index is 5.73. The molecule has 0 amide bonds. The number of hydrogen-bond donors (Lipinski definition) is 1. The summed E-state index contributed by atoms with van der Waals surface area (Å²) in [7, 11) is 0. The van der Waals surface area contributed by atoms with Crippen molar-refractivity contribution in [2.45, 2.75) is 32.5 Å². The number of nitrogens with zero attached hydrogens (tertiary/aromatic N) is 3. The summed E-state index contributed by atoms with van der Waals surface area (Å²) in [4.78, 5) is 6.53. The van der Waals surface area contributed by atoms with Crippen molar-refractivity contribution in [2.75, 3.05) is 13.1 Å². The van der Waals surface area contributed by atoms with Crippen molar-refractivity contribution in [1.82, 2.24) is 14.5 Å². The highest BCUT2D eigenvalue weighted by molar-refractivity contribution is 5.01. The van der Waals surface area contributed by atoms with E-state index in [1.165, 1.54) is 5.69 Å². The van der Waals surface area contributed by atoms with E-state index in [1.807, 2.05) is 12.5 Å². The van der Waals surface area contributed by atoms with Gasteiger partial charge in [-0.25, -0.2) is 4.98 Å². The van der Waals surface area contributed by atoms with Gasteiger partial charge in [-0.15, -0.1) is 0 Å². The predicted molar refractivity (Wildman–Crippen MR) is 55.9 cm³/mol. The van der Waals surface area contributed by atoms with Crippen LogP contribution >= 0.6 is 0 Å². The van der Waals surface area contributed by atoms with E-state index in [0.29, 0.717) is 12.1 Å². The van der Waals surface area contributed by atoms with Gasteiger partial charge in [-0.3, -0.25) is 4.90 Å². The molecule has 0 unspecified atom stereocenters. The van der Waals surface area contributed by atoms with E-state index in [-0.39, 0.29) is 0 Å². The monoisotopic (exact) mass is 194 g/mol. The van der Waals surface area contributed by atoms with Gasteiger partial charge in [-0.2, -0.15) is 0 Å². The Labute approximate surface area is 84.7 Å². The zero-order valence-corrected chi connectivity index (χ0v) is 8.85. The molecule has 0 spiro atoms. The molecule has 1 saturated heterocycles. The molecule has 2 rings (SSSR count). The first-order chi connectivity index (χ1) is 6.66. The van der Waals surface area contributed by atoms with Crippen molar-refractivity contribution >= 4 is 0 Å². The lowest BCUT2D eigenvalue weighted by atomic mass is 10.1. The van der Waals surface area contributed by atoms with Crippen LogP contribution in [0.25, 0.3) is 0 Å². The zero-order chi connectivity index (χ0) is 10.1. The van der Waals surface area contributed by atoms with E-state index < -0.39 is 0 Å². The van der Waals surface area contributed by atoms with E-state index in [0.717, 1.165) is 19.6 Å². The maximum absolute atomic E-state index is 5.73. The van der Waals surface area contributed by atoms with E-state index in [1.54, 1.807) is 0 Å². The number of rotatable bonds is 3. The van der Waals surface area contributed by atoms with Crippen LogP contribution in [0.3, 0.4) is 0 Å². The Hall–Kier alpha value is -0.870. The van der Waals surface area contributed by atoms with Crippen molar-refractivity contribution in [3.8, 4) is 0 Å². The molecule has 0 radical (unpaired) electrons. The van der Waals surface area contributed by atoms with Crippen molar-refractivity contribution in [3.63, 3.8) is 0 Å². The number of hydrogen-bond acceptors (Lipinski definition) is 3. The Balaban J connectivity index is 1.98. The van der Waals surface area contributed by atoms with Gasteiger partial charge in [0.05, 0.1) is 12.0 Å². The molecule has 0 saturated carbocycles. The molecule has 0 aromatic carbocycles. The first kappa shape index (κ1) is 9.68. The normalized spacial score (nSPS) is 18.9. The Bertz CT molecular complexity index is 299. The van der Waals surface area contributed by atoms with Gasteiger partial charge >= 0.3 is 0 Å². The van der Waals surface area contributed by atoms with Crippen molar-refractivity contribution in [3.05, 3.63) is 18.2 Å². The molecular formula is C10H18N4. The minimum atomic E-state index is 0.380. The highest BCUT2D eigenvalue weighted by Gasteiger charge is 2.23. The van der Waals surface area contributed by atoms with Crippen molar-refractivity contribution in [1.29, 1.82) is 0 Å². The topological polar surface area (TPSA) is 47.1 Å². The first-order valence-electron chi connectivity index (χ1n) is 5.15. The number of imidazole rings is 1. The van der Waals surface area contributed by atoms with Crippen molar-refractivity contribution in [2.24, 2.45) is 5.73 Å². The quantitative estimate of drug-likeness (QED) is 0.766. The Morgan fingerprint density at radius 3 is 2.86 bits per heavy atom. The minimum absolute atomic E-state index is 0.380. The van der Waals surface area contributed by atoms with E-state index >= 15 is 0 Å². The molecule has 0 aliphatic carbocycles. The third kappa shape index (κ3) is 1.81. The molecule has 0 bridgehead atoms.